The van der Waals surface area contributed by atoms with Gasteiger partial charge in [0.15, 0.2) is 5.03 Å². The van der Waals surface area contributed by atoms with Gasteiger partial charge in [0.05, 0.1) is 4.47 Å². The third-order valence-electron chi connectivity index (χ3n) is 1.68. The molecule has 0 radical (unpaired) electrons. The lowest BCUT2D eigenvalue weighted by atomic mass is 10.2. The Morgan fingerprint density at radius 1 is 1.53 bits per heavy atom. The molecule has 0 aromatic carbocycles. The molecule has 4 nitrogen and oxygen atoms in total. The summed E-state index contributed by atoms with van der Waals surface area (Å²) in [6.07, 6.45) is -2.71. The summed E-state index contributed by atoms with van der Waals surface area (Å²) in [7, 11) is -4.00. The Morgan fingerprint density at radius 2 is 2.07 bits per heavy atom. The summed E-state index contributed by atoms with van der Waals surface area (Å²) >= 11 is 2.83. The molecule has 0 aliphatic rings. The maximum atomic E-state index is 12.4. The van der Waals surface area contributed by atoms with E-state index in [1.165, 1.54) is 6.92 Å². The van der Waals surface area contributed by atoms with Crippen LogP contribution in [0.4, 0.5) is 8.78 Å². The van der Waals surface area contributed by atoms with Crippen molar-refractivity contribution < 1.29 is 17.2 Å². The van der Waals surface area contributed by atoms with E-state index < -0.39 is 21.5 Å². The fourth-order valence-corrected chi connectivity index (χ4v) is 2.60. The van der Waals surface area contributed by atoms with E-state index in [9.17, 15) is 17.2 Å². The third-order valence-corrected chi connectivity index (χ3v) is 3.40. The van der Waals surface area contributed by atoms with Crippen LogP contribution < -0.4 is 5.14 Å². The molecule has 0 atom stereocenters. The third kappa shape index (κ3) is 2.70. The van der Waals surface area contributed by atoms with Gasteiger partial charge in [-0.25, -0.2) is 27.3 Å². The second-order valence-corrected chi connectivity index (χ2v) is 5.13. The number of aromatic nitrogens is 1. The summed E-state index contributed by atoms with van der Waals surface area (Å²) in [6, 6.07) is 1.01. The van der Waals surface area contributed by atoms with Gasteiger partial charge in [-0.15, -0.1) is 0 Å². The number of halogens is 3. The standard InChI is InChI=1S/C7H7BrF2N2O2S/c1-3-4(6(9)10)2-5(8)7(12-3)15(11,13)14/h2,6H,1H3,(H2,11,13,14). The molecule has 0 spiro atoms. The van der Waals surface area contributed by atoms with Gasteiger partial charge in [0.25, 0.3) is 16.4 Å². The molecule has 0 fully saturated rings. The summed E-state index contributed by atoms with van der Waals surface area (Å²) in [5.74, 6) is 0. The van der Waals surface area contributed by atoms with Crippen molar-refractivity contribution in [2.45, 2.75) is 18.4 Å². The maximum Gasteiger partial charge on any atom is 0.265 e. The fraction of sp³-hybridized carbons (Fsp3) is 0.286. The highest BCUT2D eigenvalue weighted by Gasteiger charge is 2.20. The molecule has 0 saturated heterocycles. The normalized spacial score (nSPS) is 12.1. The van der Waals surface area contributed by atoms with Crippen LogP contribution in [-0.4, -0.2) is 13.4 Å². The van der Waals surface area contributed by atoms with Crippen molar-refractivity contribution in [2.75, 3.05) is 0 Å². The molecule has 2 N–H and O–H groups in total. The van der Waals surface area contributed by atoms with E-state index in [0.29, 0.717) is 0 Å². The van der Waals surface area contributed by atoms with E-state index in [2.05, 4.69) is 20.9 Å². The van der Waals surface area contributed by atoms with Crippen molar-refractivity contribution in [3.05, 3.63) is 21.8 Å². The van der Waals surface area contributed by atoms with E-state index in [1.54, 1.807) is 0 Å². The Morgan fingerprint density at radius 3 is 2.47 bits per heavy atom. The number of hydrogen-bond acceptors (Lipinski definition) is 3. The molecule has 1 aromatic rings. The molecule has 1 heterocycles. The summed E-state index contributed by atoms with van der Waals surface area (Å²) in [5, 5.41) is 4.40. The number of rotatable bonds is 2. The molecule has 0 aliphatic heterocycles. The quantitative estimate of drug-likeness (QED) is 0.904. The van der Waals surface area contributed by atoms with Crippen LogP contribution in [0.15, 0.2) is 15.6 Å². The fourth-order valence-electron chi connectivity index (χ4n) is 0.993. The highest BCUT2D eigenvalue weighted by atomic mass is 79.9. The van der Waals surface area contributed by atoms with E-state index in [1.807, 2.05) is 0 Å². The van der Waals surface area contributed by atoms with E-state index in [4.69, 9.17) is 5.14 Å². The van der Waals surface area contributed by atoms with Gasteiger partial charge in [0.1, 0.15) is 0 Å². The molecule has 1 rings (SSSR count). The first-order valence-electron chi connectivity index (χ1n) is 3.71. The summed E-state index contributed by atoms with van der Waals surface area (Å²) in [4.78, 5) is 3.53. The highest BCUT2D eigenvalue weighted by Crippen LogP contribution is 2.28. The Kier molecular flexibility index (Phi) is 3.41. The van der Waals surface area contributed by atoms with E-state index >= 15 is 0 Å². The van der Waals surface area contributed by atoms with Gasteiger partial charge in [0.2, 0.25) is 0 Å². The first-order chi connectivity index (χ1) is 6.73. The van der Waals surface area contributed by atoms with Gasteiger partial charge in [-0.2, -0.15) is 0 Å². The molecule has 0 amide bonds. The highest BCUT2D eigenvalue weighted by molar-refractivity contribution is 9.10. The smallest absolute Gasteiger partial charge is 0.239 e. The molecule has 0 aliphatic carbocycles. The zero-order valence-corrected chi connectivity index (χ0v) is 9.94. The number of sulfonamides is 1. The summed E-state index contributed by atoms with van der Waals surface area (Å²) in [6.45, 7) is 1.29. The van der Waals surface area contributed by atoms with Gasteiger partial charge in [-0.3, -0.25) is 0 Å². The van der Waals surface area contributed by atoms with Crippen molar-refractivity contribution in [3.63, 3.8) is 0 Å². The van der Waals surface area contributed by atoms with Gasteiger partial charge in [-0.05, 0) is 28.9 Å². The number of alkyl halides is 2. The predicted molar refractivity (Wildman–Crippen MR) is 53.0 cm³/mol. The van der Waals surface area contributed by atoms with Gasteiger partial charge >= 0.3 is 0 Å². The minimum atomic E-state index is -4.00. The lowest BCUT2D eigenvalue weighted by Gasteiger charge is -2.07. The molecule has 0 saturated carbocycles. The van der Waals surface area contributed by atoms with Crippen LogP contribution in [0.5, 0.6) is 0 Å². The van der Waals surface area contributed by atoms with E-state index in [0.717, 1.165) is 6.07 Å². The molecule has 0 unspecified atom stereocenters. The Bertz CT molecular complexity index is 490. The average molecular weight is 301 g/mol. The first-order valence-corrected chi connectivity index (χ1v) is 6.05. The predicted octanol–water partition coefficient (Wildman–Crippen LogP) is 1.74. The number of aryl methyl sites for hydroxylation is 1. The topological polar surface area (TPSA) is 73.0 Å². The second kappa shape index (κ2) is 4.11. The number of hydrogen-bond donors (Lipinski definition) is 1. The zero-order valence-electron chi connectivity index (χ0n) is 7.54. The first kappa shape index (κ1) is 12.5. The maximum absolute atomic E-state index is 12.4. The van der Waals surface area contributed by atoms with Crippen LogP contribution in [0.2, 0.25) is 0 Å². The van der Waals surface area contributed by atoms with Crippen LogP contribution >= 0.6 is 15.9 Å². The molecule has 15 heavy (non-hydrogen) atoms. The lowest BCUT2D eigenvalue weighted by molar-refractivity contribution is 0.150. The lowest BCUT2D eigenvalue weighted by Crippen LogP contribution is -2.16. The van der Waals surface area contributed by atoms with Crippen LogP contribution in [0.1, 0.15) is 17.7 Å². The van der Waals surface area contributed by atoms with Crippen molar-refractivity contribution in [3.8, 4) is 0 Å². The van der Waals surface area contributed by atoms with Crippen LogP contribution in [0, 0.1) is 6.92 Å². The van der Waals surface area contributed by atoms with Crippen LogP contribution in [0.3, 0.4) is 0 Å². The largest absolute Gasteiger partial charge is 0.265 e. The molecular weight excluding hydrogens is 294 g/mol. The van der Waals surface area contributed by atoms with Gasteiger partial charge in [-0.1, -0.05) is 0 Å². The Balaban J connectivity index is 3.46. The van der Waals surface area contributed by atoms with Crippen LogP contribution in [-0.2, 0) is 10.0 Å². The number of nitrogens with zero attached hydrogens (tertiary/aromatic N) is 1. The second-order valence-electron chi connectivity index (χ2n) is 2.80. The van der Waals surface area contributed by atoms with Crippen molar-refractivity contribution in [2.24, 2.45) is 5.14 Å². The van der Waals surface area contributed by atoms with Crippen molar-refractivity contribution >= 4 is 26.0 Å². The summed E-state index contributed by atoms with van der Waals surface area (Å²) in [5.41, 5.74) is -0.383. The van der Waals surface area contributed by atoms with Gasteiger partial charge < -0.3 is 0 Å². The molecule has 8 heteroatoms. The van der Waals surface area contributed by atoms with Crippen LogP contribution in [0.25, 0.3) is 0 Å². The molecule has 0 bridgehead atoms. The average Bonchev–Trinajstić information content (AvgIpc) is 2.06. The van der Waals surface area contributed by atoms with Crippen molar-refractivity contribution in [1.29, 1.82) is 0 Å². The van der Waals surface area contributed by atoms with E-state index in [-0.39, 0.29) is 15.7 Å². The molecule has 1 aromatic heterocycles. The minimum Gasteiger partial charge on any atom is -0.239 e. The number of nitrogens with two attached hydrogens (primary N) is 1. The monoisotopic (exact) mass is 300 g/mol. The number of pyridine rings is 1. The molecule has 84 valence electrons. The Labute approximate surface area is 93.7 Å². The zero-order chi connectivity index (χ0) is 11.8. The van der Waals surface area contributed by atoms with Crippen molar-refractivity contribution in [1.82, 2.24) is 4.98 Å². The Hall–Kier alpha value is -0.600. The van der Waals surface area contributed by atoms with Gasteiger partial charge in [0, 0.05) is 11.3 Å². The SMILES string of the molecule is Cc1nc(S(N)(=O)=O)c(Br)cc1C(F)F. The molecular formula is C7H7BrF2N2O2S. The summed E-state index contributed by atoms with van der Waals surface area (Å²) < 4.78 is 46.7. The number of primary sulfonamides is 1. The minimum absolute atomic E-state index is 0.0581.